The number of amides is 1. The van der Waals surface area contributed by atoms with E-state index in [1.165, 1.54) is 0 Å². The smallest absolute Gasteiger partial charge is 0.248 e. The topological polar surface area (TPSA) is 55.6 Å². The Morgan fingerprint density at radius 3 is 2.60 bits per heavy atom. The lowest BCUT2D eigenvalue weighted by Crippen LogP contribution is -2.30. The normalized spacial score (nSPS) is 16.6. The Bertz CT molecular complexity index is 881. The maximum Gasteiger partial charge on any atom is 0.248 e. The molecule has 1 fully saturated rings. The van der Waals surface area contributed by atoms with Crippen molar-refractivity contribution in [3.8, 4) is 16.9 Å². The van der Waals surface area contributed by atoms with Crippen LogP contribution in [0.25, 0.3) is 11.1 Å². The highest BCUT2D eigenvalue weighted by Gasteiger charge is 2.35. The monoisotopic (exact) mass is 436 g/mol. The van der Waals surface area contributed by atoms with Gasteiger partial charge < -0.3 is 10.5 Å². The quantitative estimate of drug-likeness (QED) is 0.624. The summed E-state index contributed by atoms with van der Waals surface area (Å²) in [7, 11) is 1.81. The molecule has 2 aromatic carbocycles. The number of carbonyl (C=O) groups is 1. The highest BCUT2D eigenvalue weighted by atomic mass is 35.5. The van der Waals surface area contributed by atoms with Crippen LogP contribution < -0.4 is 10.5 Å². The molecule has 1 aliphatic carbocycles. The summed E-state index contributed by atoms with van der Waals surface area (Å²) in [6.45, 7) is 0.973. The number of hydrogen-bond acceptors (Lipinski definition) is 3. The Labute approximate surface area is 181 Å². The van der Waals surface area contributed by atoms with Gasteiger partial charge in [-0.05, 0) is 49.6 Å². The summed E-state index contributed by atoms with van der Waals surface area (Å²) in [6, 6.07) is 13.4. The molecule has 0 aliphatic heterocycles. The number of nitrogens with zero attached hydrogens (tertiary/aromatic N) is 1. The van der Waals surface area contributed by atoms with Gasteiger partial charge in [0.1, 0.15) is 5.75 Å². The minimum atomic E-state index is -2.55. The molecule has 0 saturated heterocycles. The van der Waals surface area contributed by atoms with Crippen LogP contribution in [-0.2, 0) is 11.3 Å². The predicted molar refractivity (Wildman–Crippen MR) is 115 cm³/mol. The number of rotatable bonds is 8. The van der Waals surface area contributed by atoms with Gasteiger partial charge in [-0.1, -0.05) is 35.9 Å². The van der Waals surface area contributed by atoms with Crippen molar-refractivity contribution >= 4 is 17.5 Å². The third kappa shape index (κ3) is 6.16. The van der Waals surface area contributed by atoms with Gasteiger partial charge in [0.2, 0.25) is 11.8 Å². The first-order valence-electron chi connectivity index (χ1n) is 10.1. The van der Waals surface area contributed by atoms with Gasteiger partial charge in [-0.25, -0.2) is 8.78 Å². The van der Waals surface area contributed by atoms with Crippen molar-refractivity contribution in [2.75, 3.05) is 20.2 Å². The molecule has 162 valence electrons. The molecule has 1 saturated carbocycles. The first kappa shape index (κ1) is 22.5. The average molecular weight is 437 g/mol. The largest absolute Gasteiger partial charge is 0.493 e. The number of primary amides is 1. The molecule has 2 aromatic rings. The number of ether oxygens (including phenoxy) is 1. The first-order valence-corrected chi connectivity index (χ1v) is 10.5. The lowest BCUT2D eigenvalue weighted by Gasteiger charge is -2.28. The zero-order valence-electron chi connectivity index (χ0n) is 17.0. The standard InChI is InChI=1S/C23H27ClF2N2O2/c1-28(14-22(27)29)13-18-12-17(19-4-2-3-5-20(19)24)6-7-21(18)30-15-16-8-10-23(25,26)11-9-16/h2-7,12,16H,8-11,13-15H2,1H3,(H2,27,29). The van der Waals surface area contributed by atoms with E-state index in [-0.39, 0.29) is 25.3 Å². The lowest BCUT2D eigenvalue weighted by atomic mass is 9.87. The van der Waals surface area contributed by atoms with Gasteiger partial charge in [0, 0.05) is 35.5 Å². The minimum absolute atomic E-state index is 0.0827. The van der Waals surface area contributed by atoms with Crippen molar-refractivity contribution in [2.45, 2.75) is 38.2 Å². The van der Waals surface area contributed by atoms with Gasteiger partial charge in [0.25, 0.3) is 0 Å². The molecule has 1 amide bonds. The molecule has 0 radical (unpaired) electrons. The fourth-order valence-corrected chi connectivity index (χ4v) is 4.04. The molecule has 30 heavy (non-hydrogen) atoms. The van der Waals surface area contributed by atoms with Crippen LogP contribution in [0.4, 0.5) is 8.78 Å². The molecule has 1 aliphatic rings. The van der Waals surface area contributed by atoms with E-state index in [2.05, 4.69) is 0 Å². The Morgan fingerprint density at radius 2 is 1.93 bits per heavy atom. The van der Waals surface area contributed by atoms with E-state index in [9.17, 15) is 13.6 Å². The number of alkyl halides is 2. The number of likely N-dealkylation sites (N-methyl/N-ethyl adjacent to an activating group) is 1. The van der Waals surface area contributed by atoms with E-state index < -0.39 is 11.8 Å². The number of benzene rings is 2. The molecule has 0 aromatic heterocycles. The molecular weight excluding hydrogens is 410 g/mol. The zero-order chi connectivity index (χ0) is 21.7. The van der Waals surface area contributed by atoms with Crippen LogP contribution in [-0.4, -0.2) is 36.9 Å². The van der Waals surface area contributed by atoms with Crippen LogP contribution >= 0.6 is 11.6 Å². The summed E-state index contributed by atoms with van der Waals surface area (Å²) in [4.78, 5) is 13.1. The van der Waals surface area contributed by atoms with Gasteiger partial charge in [0.15, 0.2) is 0 Å². The fraction of sp³-hybridized carbons (Fsp3) is 0.435. The summed E-state index contributed by atoms with van der Waals surface area (Å²) in [5.41, 5.74) is 8.04. The number of carbonyl (C=O) groups excluding carboxylic acids is 1. The second-order valence-electron chi connectivity index (χ2n) is 8.05. The Kier molecular flexibility index (Phi) is 7.32. The van der Waals surface area contributed by atoms with E-state index in [0.717, 1.165) is 16.7 Å². The van der Waals surface area contributed by atoms with E-state index in [4.69, 9.17) is 22.1 Å². The van der Waals surface area contributed by atoms with E-state index in [0.29, 0.717) is 36.8 Å². The number of nitrogens with two attached hydrogens (primary N) is 1. The van der Waals surface area contributed by atoms with Crippen molar-refractivity contribution in [2.24, 2.45) is 11.7 Å². The van der Waals surface area contributed by atoms with Crippen LogP contribution in [0.1, 0.15) is 31.2 Å². The van der Waals surface area contributed by atoms with E-state index in [1.807, 2.05) is 47.4 Å². The summed E-state index contributed by atoms with van der Waals surface area (Å²) >= 11 is 6.35. The third-order valence-electron chi connectivity index (χ3n) is 5.42. The molecular formula is C23H27ClF2N2O2. The summed E-state index contributed by atoms with van der Waals surface area (Å²) in [6.07, 6.45) is 0.755. The highest BCUT2D eigenvalue weighted by Crippen LogP contribution is 2.37. The van der Waals surface area contributed by atoms with Gasteiger partial charge in [-0.3, -0.25) is 9.69 Å². The molecule has 0 heterocycles. The Morgan fingerprint density at radius 1 is 1.23 bits per heavy atom. The van der Waals surface area contributed by atoms with Crippen LogP contribution in [0.2, 0.25) is 5.02 Å². The molecule has 4 nitrogen and oxygen atoms in total. The molecule has 0 bridgehead atoms. The predicted octanol–water partition coefficient (Wildman–Crippen LogP) is 5.13. The molecule has 7 heteroatoms. The first-order chi connectivity index (χ1) is 14.2. The van der Waals surface area contributed by atoms with Gasteiger partial charge in [-0.15, -0.1) is 0 Å². The Balaban J connectivity index is 1.78. The Hall–Kier alpha value is -2.18. The summed E-state index contributed by atoms with van der Waals surface area (Å²) in [5, 5.41) is 0.644. The maximum absolute atomic E-state index is 13.4. The third-order valence-corrected chi connectivity index (χ3v) is 5.75. The van der Waals surface area contributed by atoms with Gasteiger partial charge >= 0.3 is 0 Å². The van der Waals surface area contributed by atoms with Crippen molar-refractivity contribution in [3.05, 3.63) is 53.1 Å². The van der Waals surface area contributed by atoms with Crippen molar-refractivity contribution in [3.63, 3.8) is 0 Å². The molecule has 0 spiro atoms. The second-order valence-corrected chi connectivity index (χ2v) is 8.46. The van der Waals surface area contributed by atoms with Crippen molar-refractivity contribution < 1.29 is 18.3 Å². The molecule has 0 unspecified atom stereocenters. The zero-order valence-corrected chi connectivity index (χ0v) is 17.8. The SMILES string of the molecule is CN(CC(N)=O)Cc1cc(-c2ccccc2Cl)ccc1OCC1CCC(F)(F)CC1. The van der Waals surface area contributed by atoms with Crippen LogP contribution in [0.5, 0.6) is 5.75 Å². The van der Waals surface area contributed by atoms with Crippen LogP contribution in [0.3, 0.4) is 0 Å². The number of hydrogen-bond donors (Lipinski definition) is 1. The molecule has 2 N–H and O–H groups in total. The molecule has 3 rings (SSSR count). The van der Waals surface area contributed by atoms with Crippen LogP contribution in [0.15, 0.2) is 42.5 Å². The van der Waals surface area contributed by atoms with E-state index in [1.54, 1.807) is 7.05 Å². The van der Waals surface area contributed by atoms with Crippen LogP contribution in [0, 0.1) is 5.92 Å². The van der Waals surface area contributed by atoms with Crippen molar-refractivity contribution in [1.82, 2.24) is 4.90 Å². The van der Waals surface area contributed by atoms with E-state index >= 15 is 0 Å². The molecule has 0 atom stereocenters. The maximum atomic E-state index is 13.4. The summed E-state index contributed by atoms with van der Waals surface area (Å²) in [5.74, 6) is -2.16. The number of halogens is 3. The highest BCUT2D eigenvalue weighted by molar-refractivity contribution is 6.33. The van der Waals surface area contributed by atoms with Crippen molar-refractivity contribution in [1.29, 1.82) is 0 Å². The van der Waals surface area contributed by atoms with Gasteiger partial charge in [-0.2, -0.15) is 0 Å². The fourth-order valence-electron chi connectivity index (χ4n) is 3.79. The lowest BCUT2D eigenvalue weighted by molar-refractivity contribution is -0.118. The average Bonchev–Trinajstić information content (AvgIpc) is 2.67. The minimum Gasteiger partial charge on any atom is -0.493 e. The second kappa shape index (κ2) is 9.75. The summed E-state index contributed by atoms with van der Waals surface area (Å²) < 4.78 is 32.8. The van der Waals surface area contributed by atoms with Gasteiger partial charge in [0.05, 0.1) is 13.2 Å².